The predicted octanol–water partition coefficient (Wildman–Crippen LogP) is 3.13. The van der Waals surface area contributed by atoms with Crippen molar-refractivity contribution in [2.45, 2.75) is 32.1 Å². The zero-order chi connectivity index (χ0) is 18.6. The quantitative estimate of drug-likeness (QED) is 0.719. The van der Waals surface area contributed by atoms with Crippen LogP contribution in [0.25, 0.3) is 0 Å². The molecule has 1 aromatic carbocycles. The number of aliphatic imine (C=N–C) groups is 1. The van der Waals surface area contributed by atoms with E-state index in [1.54, 1.807) is 25.7 Å². The summed E-state index contributed by atoms with van der Waals surface area (Å²) in [5.74, 6) is -0.841. The van der Waals surface area contributed by atoms with Gasteiger partial charge in [-0.2, -0.15) is 4.99 Å². The van der Waals surface area contributed by atoms with Crippen LogP contribution in [-0.4, -0.2) is 42.3 Å². The number of carbonyl (C=O) groups excluding carboxylic acids is 1. The highest BCUT2D eigenvalue weighted by molar-refractivity contribution is 8.16. The highest BCUT2D eigenvalue weighted by Crippen LogP contribution is 2.42. The first-order valence-corrected chi connectivity index (χ1v) is 10.8. The number of hydrogen-bond acceptors (Lipinski definition) is 4. The Hall–Kier alpha value is -1.12. The summed E-state index contributed by atoms with van der Waals surface area (Å²) >= 11 is 7.16. The lowest BCUT2D eigenvalue weighted by Crippen LogP contribution is -2.38. The predicted molar refractivity (Wildman–Crippen MR) is 99.6 cm³/mol. The summed E-state index contributed by atoms with van der Waals surface area (Å²) in [6.07, 6.45) is 0. The first-order chi connectivity index (χ1) is 11.5. The third kappa shape index (κ3) is 3.71. The third-order valence-electron chi connectivity index (χ3n) is 4.09. The van der Waals surface area contributed by atoms with Gasteiger partial charge in [0.1, 0.15) is 5.82 Å². The molecule has 0 aliphatic carbocycles. The van der Waals surface area contributed by atoms with Gasteiger partial charge in [-0.25, -0.2) is 12.8 Å². The first-order valence-electron chi connectivity index (χ1n) is 7.72. The van der Waals surface area contributed by atoms with Gasteiger partial charge in [-0.3, -0.25) is 4.79 Å². The Bertz CT molecular complexity index is 865. The number of hydrogen-bond donors (Lipinski definition) is 0. The third-order valence-corrected chi connectivity index (χ3v) is 7.59. The molecule has 0 saturated carbocycles. The molecule has 0 N–H and O–H groups in total. The molecule has 2 aliphatic rings. The number of amides is 1. The van der Waals surface area contributed by atoms with E-state index in [1.807, 2.05) is 0 Å². The molecule has 3 rings (SSSR count). The molecule has 2 saturated heterocycles. The lowest BCUT2D eigenvalue weighted by molar-refractivity contribution is -0.124. The summed E-state index contributed by atoms with van der Waals surface area (Å²) < 4.78 is 37.5. The van der Waals surface area contributed by atoms with Crippen molar-refractivity contribution in [1.29, 1.82) is 0 Å². The van der Waals surface area contributed by atoms with Crippen LogP contribution in [-0.2, 0) is 14.6 Å². The van der Waals surface area contributed by atoms with E-state index in [4.69, 9.17) is 11.6 Å². The molecule has 0 spiro atoms. The van der Waals surface area contributed by atoms with Gasteiger partial charge < -0.3 is 4.90 Å². The number of fused-ring (bicyclic) bond motifs is 1. The Morgan fingerprint density at radius 1 is 1.36 bits per heavy atom. The van der Waals surface area contributed by atoms with Gasteiger partial charge in [-0.1, -0.05) is 44.1 Å². The minimum Gasteiger partial charge on any atom is -0.316 e. The molecule has 2 fully saturated rings. The van der Waals surface area contributed by atoms with Gasteiger partial charge >= 0.3 is 0 Å². The summed E-state index contributed by atoms with van der Waals surface area (Å²) in [6.45, 7) is 5.30. The molecular weight excluding hydrogens is 387 g/mol. The van der Waals surface area contributed by atoms with E-state index >= 15 is 0 Å². The normalized spacial score (nSPS) is 26.9. The molecule has 0 radical (unpaired) electrons. The molecule has 0 bridgehead atoms. The molecule has 136 valence electrons. The van der Waals surface area contributed by atoms with Crippen molar-refractivity contribution in [3.05, 3.63) is 29.0 Å². The Labute approximate surface area is 155 Å². The zero-order valence-electron chi connectivity index (χ0n) is 14.0. The molecular formula is C16H18ClFN2O3S2. The van der Waals surface area contributed by atoms with Crippen LogP contribution in [0.4, 0.5) is 10.1 Å². The summed E-state index contributed by atoms with van der Waals surface area (Å²) in [7, 11) is -3.15. The number of benzene rings is 1. The second-order valence-electron chi connectivity index (χ2n) is 7.22. The van der Waals surface area contributed by atoms with Gasteiger partial charge in [0.25, 0.3) is 5.91 Å². The van der Waals surface area contributed by atoms with Crippen molar-refractivity contribution in [2.24, 2.45) is 10.4 Å². The fourth-order valence-corrected chi connectivity index (χ4v) is 6.84. The number of rotatable bonds is 1. The Balaban J connectivity index is 2.05. The highest BCUT2D eigenvalue weighted by Gasteiger charge is 2.49. The number of thioether (sulfide) groups is 1. The smallest absolute Gasteiger partial charge is 0.253 e. The van der Waals surface area contributed by atoms with Gasteiger partial charge in [0.05, 0.1) is 22.6 Å². The van der Waals surface area contributed by atoms with E-state index in [2.05, 4.69) is 4.99 Å². The van der Waals surface area contributed by atoms with E-state index < -0.39 is 21.1 Å². The fourth-order valence-electron chi connectivity index (χ4n) is 2.76. The van der Waals surface area contributed by atoms with Crippen LogP contribution in [0.3, 0.4) is 0 Å². The van der Waals surface area contributed by atoms with E-state index in [1.165, 1.54) is 30.0 Å². The minimum absolute atomic E-state index is 0.0254. The molecule has 0 unspecified atom stereocenters. The van der Waals surface area contributed by atoms with Crippen LogP contribution < -0.4 is 4.90 Å². The van der Waals surface area contributed by atoms with Crippen molar-refractivity contribution in [3.63, 3.8) is 0 Å². The number of halogens is 2. The van der Waals surface area contributed by atoms with Gasteiger partial charge in [0, 0.05) is 16.4 Å². The molecule has 2 aliphatic heterocycles. The fraction of sp³-hybridized carbons (Fsp3) is 0.500. The van der Waals surface area contributed by atoms with Crippen LogP contribution in [0.2, 0.25) is 5.02 Å². The Morgan fingerprint density at radius 2 is 2.04 bits per heavy atom. The van der Waals surface area contributed by atoms with Crippen LogP contribution in [0.1, 0.15) is 20.8 Å². The lowest BCUT2D eigenvalue weighted by atomic mass is 9.96. The molecule has 2 atom stereocenters. The van der Waals surface area contributed by atoms with Crippen LogP contribution in [0.5, 0.6) is 0 Å². The Kier molecular flexibility index (Phi) is 4.66. The molecule has 25 heavy (non-hydrogen) atoms. The lowest BCUT2D eigenvalue weighted by Gasteiger charge is -2.25. The number of amidine groups is 1. The maximum Gasteiger partial charge on any atom is 0.253 e. The molecule has 9 heteroatoms. The molecule has 5 nitrogen and oxygen atoms in total. The molecule has 1 amide bonds. The number of sulfone groups is 1. The van der Waals surface area contributed by atoms with Crippen LogP contribution >= 0.6 is 23.4 Å². The minimum atomic E-state index is -3.15. The summed E-state index contributed by atoms with van der Waals surface area (Å²) in [6, 6.07) is 3.83. The molecule has 0 aromatic heterocycles. The first kappa shape index (κ1) is 18.7. The van der Waals surface area contributed by atoms with Crippen molar-refractivity contribution in [2.75, 3.05) is 16.4 Å². The maximum absolute atomic E-state index is 13.5. The molecule has 2 heterocycles. The standard InChI is InChI=1S/C16H18ClFN2O3S2/c1-16(2,3)14(21)19-15-20(9-4-5-11(18)10(17)6-9)12-7-25(22,23)8-13(12)24-15/h4-6,12-13H,7-8H2,1-3H3/t12-,13+/m0/s1. The van der Waals surface area contributed by atoms with Crippen molar-refractivity contribution in [1.82, 2.24) is 0 Å². The van der Waals surface area contributed by atoms with E-state index in [0.717, 1.165) is 0 Å². The topological polar surface area (TPSA) is 66.8 Å². The summed E-state index contributed by atoms with van der Waals surface area (Å²) in [4.78, 5) is 18.3. The van der Waals surface area contributed by atoms with Gasteiger partial charge in [-0.15, -0.1) is 0 Å². The summed E-state index contributed by atoms with van der Waals surface area (Å²) in [5, 5.41) is 0.168. The van der Waals surface area contributed by atoms with E-state index in [0.29, 0.717) is 10.9 Å². The van der Waals surface area contributed by atoms with Crippen LogP contribution in [0.15, 0.2) is 23.2 Å². The van der Waals surface area contributed by atoms with Gasteiger partial charge in [-0.05, 0) is 18.2 Å². The van der Waals surface area contributed by atoms with Gasteiger partial charge in [0.2, 0.25) is 0 Å². The number of carbonyl (C=O) groups is 1. The Morgan fingerprint density at radius 3 is 2.64 bits per heavy atom. The summed E-state index contributed by atoms with van der Waals surface area (Å²) in [5.41, 5.74) is -0.118. The average molecular weight is 405 g/mol. The van der Waals surface area contributed by atoms with Crippen molar-refractivity contribution < 1.29 is 17.6 Å². The average Bonchev–Trinajstić information content (AvgIpc) is 2.92. The largest absolute Gasteiger partial charge is 0.316 e. The SMILES string of the molecule is CC(C)(C)C(=O)N=C1S[C@@H]2CS(=O)(=O)C[C@@H]2N1c1ccc(F)c(Cl)c1. The monoisotopic (exact) mass is 404 g/mol. The van der Waals surface area contributed by atoms with Crippen molar-refractivity contribution in [3.8, 4) is 0 Å². The van der Waals surface area contributed by atoms with Gasteiger partial charge in [0.15, 0.2) is 15.0 Å². The zero-order valence-corrected chi connectivity index (χ0v) is 16.4. The second kappa shape index (κ2) is 6.25. The highest BCUT2D eigenvalue weighted by atomic mass is 35.5. The second-order valence-corrected chi connectivity index (χ2v) is 11.0. The number of nitrogens with zero attached hydrogens (tertiary/aromatic N) is 2. The maximum atomic E-state index is 13.5. The van der Waals surface area contributed by atoms with E-state index in [9.17, 15) is 17.6 Å². The van der Waals surface area contributed by atoms with Crippen molar-refractivity contribution >= 4 is 50.0 Å². The number of anilines is 1. The van der Waals surface area contributed by atoms with Crippen LogP contribution in [0, 0.1) is 11.2 Å². The van der Waals surface area contributed by atoms with E-state index in [-0.39, 0.29) is 33.7 Å². The molecule has 1 aromatic rings.